The molecule has 0 atom stereocenters. The van der Waals surface area contributed by atoms with Gasteiger partial charge in [0.1, 0.15) is 23.3 Å². The second-order valence-corrected chi connectivity index (χ2v) is 7.83. The van der Waals surface area contributed by atoms with E-state index in [0.29, 0.717) is 11.5 Å². The predicted molar refractivity (Wildman–Crippen MR) is 96.2 cm³/mol. The first-order valence-corrected chi connectivity index (χ1v) is 9.72. The minimum Gasteiger partial charge on any atom is -0.205 e. The second-order valence-electron chi connectivity index (χ2n) is 7.58. The molecule has 0 heterocycles. The predicted octanol–water partition coefficient (Wildman–Crippen LogP) is 6.67. The van der Waals surface area contributed by atoms with Gasteiger partial charge in [-0.05, 0) is 92.7 Å². The first-order chi connectivity index (χ1) is 12.1. The molecule has 0 spiro atoms. The molecule has 0 saturated heterocycles. The fourth-order valence-electron chi connectivity index (χ4n) is 4.77. The molecule has 2 saturated carbocycles. The van der Waals surface area contributed by atoms with Crippen LogP contribution in [-0.4, -0.2) is 0 Å². The molecule has 4 heteroatoms. The van der Waals surface area contributed by atoms with Crippen LogP contribution in [0, 0.1) is 40.7 Å². The van der Waals surface area contributed by atoms with Gasteiger partial charge in [-0.25, -0.2) is 8.78 Å². The maximum absolute atomic E-state index is 13.9. The zero-order valence-electron chi connectivity index (χ0n) is 14.4. The Labute approximate surface area is 153 Å². The number of nitrogens with zero attached hydrogens (tertiary/aromatic N) is 1. The van der Waals surface area contributed by atoms with Gasteiger partial charge in [-0.3, -0.25) is 0 Å². The average Bonchev–Trinajstić information content (AvgIpc) is 2.62. The topological polar surface area (TPSA) is 23.8 Å². The normalized spacial score (nSPS) is 30.3. The molecule has 1 nitrogen and oxygen atoms in total. The zero-order valence-corrected chi connectivity index (χ0v) is 15.1. The lowest BCUT2D eigenvalue weighted by Gasteiger charge is -2.37. The number of allylic oxidation sites excluding steroid dienone is 1. The average molecular weight is 364 g/mol. The van der Waals surface area contributed by atoms with Gasteiger partial charge < -0.3 is 0 Å². The van der Waals surface area contributed by atoms with E-state index in [2.05, 4.69) is 6.08 Å². The Morgan fingerprint density at radius 1 is 0.920 bits per heavy atom. The van der Waals surface area contributed by atoms with E-state index in [1.807, 2.05) is 0 Å². The van der Waals surface area contributed by atoms with Gasteiger partial charge in [0.2, 0.25) is 0 Å². The Kier molecular flexibility index (Phi) is 6.12. The van der Waals surface area contributed by atoms with Crippen molar-refractivity contribution >= 4 is 11.6 Å². The third-order valence-corrected chi connectivity index (χ3v) is 6.39. The first kappa shape index (κ1) is 18.4. The van der Waals surface area contributed by atoms with Crippen molar-refractivity contribution in [3.05, 3.63) is 46.5 Å². The molecular formula is C21H24ClF2N. The molecule has 0 unspecified atom stereocenters. The van der Waals surface area contributed by atoms with Crippen molar-refractivity contribution in [1.29, 1.82) is 5.26 Å². The molecule has 0 bridgehead atoms. The molecular weight excluding hydrogens is 340 g/mol. The van der Waals surface area contributed by atoms with Crippen molar-refractivity contribution in [3.8, 4) is 6.07 Å². The van der Waals surface area contributed by atoms with Gasteiger partial charge in [-0.15, -0.1) is 0 Å². The van der Waals surface area contributed by atoms with Crippen molar-refractivity contribution in [2.45, 2.75) is 57.3 Å². The minimum atomic E-state index is -0.731. The van der Waals surface area contributed by atoms with Crippen LogP contribution in [0.1, 0.15) is 68.4 Å². The number of nitriles is 1. The lowest BCUT2D eigenvalue weighted by Crippen LogP contribution is -2.25. The smallest absolute Gasteiger partial charge is 0.144 e. The lowest BCUT2D eigenvalue weighted by atomic mass is 9.68. The Morgan fingerprint density at radius 3 is 1.92 bits per heavy atom. The molecule has 25 heavy (non-hydrogen) atoms. The summed E-state index contributed by atoms with van der Waals surface area (Å²) in [5.41, 5.74) is 1.88. The lowest BCUT2D eigenvalue weighted by molar-refractivity contribution is 0.171. The Balaban J connectivity index is 1.57. The second kappa shape index (κ2) is 8.32. The molecule has 0 N–H and O–H groups in total. The van der Waals surface area contributed by atoms with E-state index in [0.717, 1.165) is 37.5 Å². The highest BCUT2D eigenvalue weighted by Gasteiger charge is 2.31. The van der Waals surface area contributed by atoms with Crippen molar-refractivity contribution in [2.24, 2.45) is 17.8 Å². The van der Waals surface area contributed by atoms with E-state index in [1.165, 1.54) is 37.8 Å². The van der Waals surface area contributed by atoms with Crippen LogP contribution in [0.15, 0.2) is 23.7 Å². The number of rotatable bonds is 3. The maximum Gasteiger partial charge on any atom is 0.144 e. The fourth-order valence-corrected chi connectivity index (χ4v) is 4.98. The van der Waals surface area contributed by atoms with Crippen LogP contribution in [0.3, 0.4) is 0 Å². The van der Waals surface area contributed by atoms with Crippen LogP contribution in [0.2, 0.25) is 0 Å². The summed E-state index contributed by atoms with van der Waals surface area (Å²) in [6.45, 7) is 0. The van der Waals surface area contributed by atoms with E-state index in [1.54, 1.807) is 11.6 Å². The molecule has 0 amide bonds. The summed E-state index contributed by atoms with van der Waals surface area (Å²) < 4.78 is 27.7. The summed E-state index contributed by atoms with van der Waals surface area (Å²) in [4.78, 5) is 0. The third-order valence-electron chi connectivity index (χ3n) is 6.25. The molecule has 0 aliphatic heterocycles. The molecule has 2 aliphatic carbocycles. The largest absolute Gasteiger partial charge is 0.205 e. The summed E-state index contributed by atoms with van der Waals surface area (Å²) in [5.74, 6) is 0.911. The van der Waals surface area contributed by atoms with Crippen LogP contribution in [0.25, 0.3) is 0 Å². The van der Waals surface area contributed by atoms with Crippen molar-refractivity contribution < 1.29 is 8.78 Å². The van der Waals surface area contributed by atoms with Crippen LogP contribution < -0.4 is 0 Å². The summed E-state index contributed by atoms with van der Waals surface area (Å²) in [6, 6.07) is 4.31. The molecule has 3 rings (SSSR count). The molecule has 1 aromatic carbocycles. The Morgan fingerprint density at radius 2 is 1.44 bits per heavy atom. The summed E-state index contributed by atoms with van der Waals surface area (Å²) in [6.07, 6.45) is 11.3. The van der Waals surface area contributed by atoms with Crippen LogP contribution in [0.5, 0.6) is 0 Å². The van der Waals surface area contributed by atoms with Crippen molar-refractivity contribution in [1.82, 2.24) is 0 Å². The third kappa shape index (κ3) is 4.23. The molecule has 0 aromatic heterocycles. The zero-order chi connectivity index (χ0) is 17.8. The van der Waals surface area contributed by atoms with Crippen molar-refractivity contribution in [2.75, 3.05) is 0 Å². The number of hydrogen-bond donors (Lipinski definition) is 0. The highest BCUT2D eigenvalue weighted by molar-refractivity contribution is 6.25. The van der Waals surface area contributed by atoms with Gasteiger partial charge >= 0.3 is 0 Å². The monoisotopic (exact) mass is 363 g/mol. The molecule has 134 valence electrons. The summed E-state index contributed by atoms with van der Waals surface area (Å²) >= 11 is 5.68. The Bertz CT molecular complexity index is 640. The minimum absolute atomic E-state index is 0.212. The Hall–Kier alpha value is -1.40. The fraction of sp³-hybridized carbons (Fsp3) is 0.571. The van der Waals surface area contributed by atoms with Gasteiger partial charge in [0.05, 0.1) is 0 Å². The van der Waals surface area contributed by atoms with Crippen LogP contribution in [0.4, 0.5) is 8.78 Å². The summed E-state index contributed by atoms with van der Waals surface area (Å²) in [7, 11) is 0. The van der Waals surface area contributed by atoms with Gasteiger partial charge in [0.25, 0.3) is 0 Å². The molecule has 2 aliphatic rings. The molecule has 0 radical (unpaired) electrons. The van der Waals surface area contributed by atoms with Gasteiger partial charge in [0.15, 0.2) is 0 Å². The van der Waals surface area contributed by atoms with E-state index in [4.69, 9.17) is 16.9 Å². The van der Waals surface area contributed by atoms with Crippen LogP contribution >= 0.6 is 11.6 Å². The molecule has 1 aromatic rings. The van der Waals surface area contributed by atoms with E-state index >= 15 is 0 Å². The highest BCUT2D eigenvalue weighted by atomic mass is 35.5. The van der Waals surface area contributed by atoms with E-state index in [-0.39, 0.29) is 5.92 Å². The first-order valence-electron chi connectivity index (χ1n) is 9.28. The van der Waals surface area contributed by atoms with Gasteiger partial charge in [-0.1, -0.05) is 17.7 Å². The van der Waals surface area contributed by atoms with E-state index < -0.39 is 17.2 Å². The van der Waals surface area contributed by atoms with Crippen LogP contribution in [-0.2, 0) is 0 Å². The van der Waals surface area contributed by atoms with E-state index in [9.17, 15) is 8.78 Å². The number of benzene rings is 1. The van der Waals surface area contributed by atoms with Crippen molar-refractivity contribution in [3.63, 3.8) is 0 Å². The highest BCUT2D eigenvalue weighted by Crippen LogP contribution is 2.44. The summed E-state index contributed by atoms with van der Waals surface area (Å²) in [5, 5.41) is 8.79. The number of halogens is 3. The SMILES string of the molecule is N#Cc1c(F)cc(C2CCC(C3CCC(C=CCl)CC3)CC2)cc1F. The maximum atomic E-state index is 13.9. The number of hydrogen-bond acceptors (Lipinski definition) is 1. The standard InChI is InChI=1S/C21H24ClF2N/c22-10-9-14-1-3-15(4-2-14)16-5-7-17(8-6-16)18-11-20(23)19(13-25)21(24)12-18/h9-12,14-17H,1-8H2. The quantitative estimate of drug-likeness (QED) is 0.588. The van der Waals surface area contributed by atoms with Gasteiger partial charge in [-0.2, -0.15) is 5.26 Å². The van der Waals surface area contributed by atoms with Gasteiger partial charge in [0, 0.05) is 5.54 Å². The molecule has 2 fully saturated rings.